The van der Waals surface area contributed by atoms with Gasteiger partial charge in [-0.25, -0.2) is 9.18 Å². The van der Waals surface area contributed by atoms with Crippen LogP contribution in [0.1, 0.15) is 44.2 Å². The van der Waals surface area contributed by atoms with E-state index in [0.717, 1.165) is 0 Å². The van der Waals surface area contributed by atoms with Gasteiger partial charge in [-0.2, -0.15) is 18.4 Å². The third-order valence-corrected chi connectivity index (χ3v) is 6.81. The lowest BCUT2D eigenvalue weighted by Gasteiger charge is -2.35. The van der Waals surface area contributed by atoms with E-state index in [4.69, 9.17) is 23.2 Å². The molecule has 3 aromatic rings. The second-order valence-corrected chi connectivity index (χ2v) is 9.30. The average molecular weight is 549 g/mol. The third kappa shape index (κ3) is 4.34. The SMILES string of the molecule is N#Cc1cc(NC(=O)c2cc(F)cc(C(F)(F)F)c2)c2c3c1CCN3C(=O)N[C@H]2c1cc(Cl)ccc1Cl. The Morgan fingerprint density at radius 3 is 2.62 bits per heavy atom. The quantitative estimate of drug-likeness (QED) is 0.369. The lowest BCUT2D eigenvalue weighted by Crippen LogP contribution is -2.46. The summed E-state index contributed by atoms with van der Waals surface area (Å²) in [5, 5.41) is 15.7. The highest BCUT2D eigenvalue weighted by molar-refractivity contribution is 6.33. The standard InChI is InChI=1S/C25H14Cl2F4N4O2/c26-14-1-2-18(27)17(9-14)21-20-19(7-12(10-32)16-3-4-35(22(16)20)24(37)34-21)33-23(36)11-5-13(25(29,30)31)8-15(28)6-11/h1-2,5-9,21H,3-4H2,(H,33,36)(H,34,37)/t21-/m0/s1. The molecule has 3 aromatic carbocycles. The van der Waals surface area contributed by atoms with Crippen molar-refractivity contribution >= 4 is 46.5 Å². The van der Waals surface area contributed by atoms with Crippen molar-refractivity contribution in [2.45, 2.75) is 18.6 Å². The second-order valence-electron chi connectivity index (χ2n) is 8.45. The molecule has 0 bridgehead atoms. The van der Waals surface area contributed by atoms with Crippen molar-refractivity contribution < 1.29 is 27.2 Å². The van der Waals surface area contributed by atoms with Gasteiger partial charge in [0.1, 0.15) is 5.82 Å². The molecular weight excluding hydrogens is 535 g/mol. The van der Waals surface area contributed by atoms with Gasteiger partial charge in [0.15, 0.2) is 0 Å². The van der Waals surface area contributed by atoms with E-state index in [9.17, 15) is 32.4 Å². The van der Waals surface area contributed by atoms with Crippen LogP contribution in [0.15, 0.2) is 42.5 Å². The molecule has 0 aliphatic carbocycles. The van der Waals surface area contributed by atoms with Crippen molar-refractivity contribution in [2.75, 3.05) is 16.8 Å². The molecule has 5 rings (SSSR count). The fraction of sp³-hybridized carbons (Fsp3) is 0.160. The third-order valence-electron chi connectivity index (χ3n) is 6.23. The van der Waals surface area contributed by atoms with Crippen LogP contribution in [0.4, 0.5) is 33.7 Å². The summed E-state index contributed by atoms with van der Waals surface area (Å²) in [5.41, 5.74) is 0.0781. The molecule has 6 nitrogen and oxygen atoms in total. The predicted molar refractivity (Wildman–Crippen MR) is 128 cm³/mol. The summed E-state index contributed by atoms with van der Waals surface area (Å²) >= 11 is 12.6. The molecule has 0 saturated heterocycles. The molecule has 0 fully saturated rings. The second kappa shape index (κ2) is 8.94. The molecule has 0 unspecified atom stereocenters. The lowest BCUT2D eigenvalue weighted by molar-refractivity contribution is -0.137. The first kappa shape index (κ1) is 24.9. The number of carbonyl (C=O) groups excluding carboxylic acids is 2. The molecule has 37 heavy (non-hydrogen) atoms. The van der Waals surface area contributed by atoms with Crippen LogP contribution >= 0.6 is 23.2 Å². The Bertz CT molecular complexity index is 1530. The summed E-state index contributed by atoms with van der Waals surface area (Å²) in [6, 6.07) is 8.16. The van der Waals surface area contributed by atoms with Crippen molar-refractivity contribution in [3.05, 3.63) is 91.7 Å². The number of nitrogens with one attached hydrogen (secondary N) is 2. The minimum atomic E-state index is -4.87. The number of halogens is 6. The molecule has 2 N–H and O–H groups in total. The molecule has 2 heterocycles. The molecule has 3 amide bonds. The molecule has 12 heteroatoms. The molecule has 2 aliphatic rings. The minimum absolute atomic E-state index is 0.0473. The minimum Gasteiger partial charge on any atom is -0.327 e. The van der Waals surface area contributed by atoms with Gasteiger partial charge in [-0.1, -0.05) is 23.2 Å². The monoisotopic (exact) mass is 548 g/mol. The highest BCUT2D eigenvalue weighted by Gasteiger charge is 2.41. The van der Waals surface area contributed by atoms with E-state index in [1.807, 2.05) is 6.07 Å². The molecule has 0 spiro atoms. The van der Waals surface area contributed by atoms with Crippen LogP contribution in [0.3, 0.4) is 0 Å². The van der Waals surface area contributed by atoms with Crippen molar-refractivity contribution in [3.63, 3.8) is 0 Å². The normalized spacial score (nSPS) is 16.2. The number of nitrogens with zero attached hydrogens (tertiary/aromatic N) is 2. The number of alkyl halides is 3. The van der Waals surface area contributed by atoms with E-state index in [0.29, 0.717) is 46.0 Å². The molecule has 0 aromatic heterocycles. The maximum absolute atomic E-state index is 14.0. The van der Waals surface area contributed by atoms with E-state index in [1.165, 1.54) is 23.1 Å². The van der Waals surface area contributed by atoms with Crippen LogP contribution < -0.4 is 15.5 Å². The molecular formula is C25H14Cl2F4N4O2. The maximum atomic E-state index is 14.0. The number of amides is 3. The van der Waals surface area contributed by atoms with E-state index in [1.54, 1.807) is 6.07 Å². The Kier molecular flexibility index (Phi) is 6.01. The van der Waals surface area contributed by atoms with Crippen LogP contribution in [-0.2, 0) is 12.6 Å². The van der Waals surface area contributed by atoms with Crippen molar-refractivity contribution in [1.82, 2.24) is 5.32 Å². The average Bonchev–Trinajstić information content (AvgIpc) is 3.28. The maximum Gasteiger partial charge on any atom is 0.416 e. The van der Waals surface area contributed by atoms with Gasteiger partial charge < -0.3 is 10.6 Å². The largest absolute Gasteiger partial charge is 0.416 e. The summed E-state index contributed by atoms with van der Waals surface area (Å²) in [4.78, 5) is 27.4. The van der Waals surface area contributed by atoms with Gasteiger partial charge in [0, 0.05) is 27.7 Å². The predicted octanol–water partition coefficient (Wildman–Crippen LogP) is 6.45. The zero-order valence-electron chi connectivity index (χ0n) is 18.5. The Hall–Kier alpha value is -3.81. The van der Waals surface area contributed by atoms with Gasteiger partial charge in [-0.15, -0.1) is 0 Å². The van der Waals surface area contributed by atoms with Gasteiger partial charge >= 0.3 is 12.2 Å². The molecule has 0 saturated carbocycles. The molecule has 2 aliphatic heterocycles. The van der Waals surface area contributed by atoms with Gasteiger partial charge in [-0.05, 0) is 60.0 Å². The number of anilines is 2. The summed E-state index contributed by atoms with van der Waals surface area (Å²) in [6.45, 7) is 0.273. The van der Waals surface area contributed by atoms with Crippen molar-refractivity contribution in [3.8, 4) is 6.07 Å². The van der Waals surface area contributed by atoms with Crippen LogP contribution in [0.25, 0.3) is 0 Å². The summed E-state index contributed by atoms with van der Waals surface area (Å²) in [5.74, 6) is -2.28. The first-order valence-corrected chi connectivity index (χ1v) is 11.6. The van der Waals surface area contributed by atoms with Crippen LogP contribution in [0.5, 0.6) is 0 Å². The zero-order valence-corrected chi connectivity index (χ0v) is 20.0. The lowest BCUT2D eigenvalue weighted by atomic mass is 9.89. The van der Waals surface area contributed by atoms with Crippen molar-refractivity contribution in [2.24, 2.45) is 0 Å². The highest BCUT2D eigenvalue weighted by atomic mass is 35.5. The first-order chi connectivity index (χ1) is 17.5. The molecule has 0 radical (unpaired) electrons. The van der Waals surface area contributed by atoms with E-state index in [2.05, 4.69) is 10.6 Å². The topological polar surface area (TPSA) is 85.2 Å². The van der Waals surface area contributed by atoms with Crippen LogP contribution in [0.2, 0.25) is 10.0 Å². The van der Waals surface area contributed by atoms with Gasteiger partial charge in [0.2, 0.25) is 0 Å². The molecule has 1 atom stereocenters. The Morgan fingerprint density at radius 2 is 1.92 bits per heavy atom. The van der Waals surface area contributed by atoms with Crippen LogP contribution in [0, 0.1) is 17.1 Å². The van der Waals surface area contributed by atoms with Crippen LogP contribution in [-0.4, -0.2) is 18.5 Å². The van der Waals surface area contributed by atoms with E-state index in [-0.39, 0.29) is 28.9 Å². The zero-order chi connectivity index (χ0) is 26.6. The number of hydrogen-bond acceptors (Lipinski definition) is 3. The van der Waals surface area contributed by atoms with Gasteiger partial charge in [0.25, 0.3) is 5.91 Å². The van der Waals surface area contributed by atoms with E-state index < -0.39 is 41.1 Å². The summed E-state index contributed by atoms with van der Waals surface area (Å²) in [6.07, 6.45) is -4.49. The molecule has 188 valence electrons. The Balaban J connectivity index is 1.68. The number of benzene rings is 3. The number of urea groups is 1. The Morgan fingerprint density at radius 1 is 1.16 bits per heavy atom. The first-order valence-electron chi connectivity index (χ1n) is 10.8. The van der Waals surface area contributed by atoms with Crippen molar-refractivity contribution in [1.29, 1.82) is 5.26 Å². The fourth-order valence-corrected chi connectivity index (χ4v) is 5.05. The summed E-state index contributed by atoms with van der Waals surface area (Å²) in [7, 11) is 0. The van der Waals surface area contributed by atoms with Gasteiger partial charge in [-0.3, -0.25) is 9.69 Å². The smallest absolute Gasteiger partial charge is 0.327 e. The number of carbonyl (C=O) groups is 2. The fourth-order valence-electron chi connectivity index (χ4n) is 4.64. The highest BCUT2D eigenvalue weighted by Crippen LogP contribution is 2.48. The number of rotatable bonds is 3. The van der Waals surface area contributed by atoms with Gasteiger partial charge in [0.05, 0.1) is 34.6 Å². The number of nitriles is 1. The Labute approximate surface area is 217 Å². The van der Waals surface area contributed by atoms with E-state index >= 15 is 0 Å². The summed E-state index contributed by atoms with van der Waals surface area (Å²) < 4.78 is 53.6. The number of hydrogen-bond donors (Lipinski definition) is 2.